The molecule has 6 heteroatoms. The van der Waals surface area contributed by atoms with Gasteiger partial charge < -0.3 is 4.74 Å². The quantitative estimate of drug-likeness (QED) is 0.532. The van der Waals surface area contributed by atoms with Crippen molar-refractivity contribution in [2.75, 3.05) is 7.11 Å². The topological polar surface area (TPSA) is 9.23 Å². The second-order valence-electron chi connectivity index (χ2n) is 2.16. The summed E-state index contributed by atoms with van der Waals surface area (Å²) in [5.41, 5.74) is 0. The molecule has 0 aliphatic heterocycles. The standard InChI is InChI=1S/C5H8F4OS/c1-4(6,7)3(10-2)5(8,9)11/h3,11H,1-2H3. The van der Waals surface area contributed by atoms with E-state index in [1.54, 1.807) is 0 Å². The molecule has 1 atom stereocenters. The Kier molecular flexibility index (Phi) is 3.19. The van der Waals surface area contributed by atoms with E-state index in [2.05, 4.69) is 17.4 Å². The molecule has 0 spiro atoms. The van der Waals surface area contributed by atoms with E-state index in [-0.39, 0.29) is 0 Å². The van der Waals surface area contributed by atoms with Crippen LogP contribution in [0.25, 0.3) is 0 Å². The van der Waals surface area contributed by atoms with Gasteiger partial charge in [0.25, 0.3) is 5.92 Å². The first kappa shape index (κ1) is 11.0. The van der Waals surface area contributed by atoms with Crippen LogP contribution < -0.4 is 0 Å². The maximum absolute atomic E-state index is 12.2. The van der Waals surface area contributed by atoms with Crippen LogP contribution in [0.2, 0.25) is 0 Å². The Hall–Kier alpha value is 0.0300. The summed E-state index contributed by atoms with van der Waals surface area (Å²) in [5, 5.41) is -3.83. The van der Waals surface area contributed by atoms with Crippen molar-refractivity contribution in [1.29, 1.82) is 0 Å². The minimum atomic E-state index is -3.83. The summed E-state index contributed by atoms with van der Waals surface area (Å²) < 4.78 is 52.6. The van der Waals surface area contributed by atoms with Crippen molar-refractivity contribution in [1.82, 2.24) is 0 Å². The number of hydrogen-bond acceptors (Lipinski definition) is 2. The van der Waals surface area contributed by atoms with E-state index < -0.39 is 17.3 Å². The lowest BCUT2D eigenvalue weighted by molar-refractivity contribution is -0.178. The molecular weight excluding hydrogens is 184 g/mol. The van der Waals surface area contributed by atoms with Crippen molar-refractivity contribution < 1.29 is 22.3 Å². The molecule has 0 N–H and O–H groups in total. The Balaban J connectivity index is 4.43. The number of alkyl halides is 4. The van der Waals surface area contributed by atoms with Crippen LogP contribution in [0, 0.1) is 0 Å². The Morgan fingerprint density at radius 3 is 1.64 bits per heavy atom. The molecule has 0 bridgehead atoms. The Morgan fingerprint density at radius 1 is 1.27 bits per heavy atom. The van der Waals surface area contributed by atoms with Gasteiger partial charge in [-0.05, 0) is 0 Å². The van der Waals surface area contributed by atoms with E-state index in [4.69, 9.17) is 0 Å². The van der Waals surface area contributed by atoms with Crippen LogP contribution in [0.1, 0.15) is 6.92 Å². The third kappa shape index (κ3) is 3.29. The van der Waals surface area contributed by atoms with E-state index in [1.807, 2.05) is 0 Å². The number of thiol groups is 1. The third-order valence-electron chi connectivity index (χ3n) is 1.01. The number of rotatable bonds is 3. The number of methoxy groups -OCH3 is 1. The lowest BCUT2D eigenvalue weighted by Gasteiger charge is -2.26. The van der Waals surface area contributed by atoms with Crippen LogP contribution in [0.3, 0.4) is 0 Å². The molecule has 0 aromatic carbocycles. The van der Waals surface area contributed by atoms with Gasteiger partial charge in [-0.1, -0.05) is 0 Å². The van der Waals surface area contributed by atoms with Gasteiger partial charge >= 0.3 is 5.25 Å². The Labute approximate surface area is 67.1 Å². The number of halogens is 4. The number of ether oxygens (including phenoxy) is 1. The van der Waals surface area contributed by atoms with Crippen molar-refractivity contribution in [3.05, 3.63) is 0 Å². The molecule has 0 saturated carbocycles. The minimum Gasteiger partial charge on any atom is -0.368 e. The van der Waals surface area contributed by atoms with E-state index >= 15 is 0 Å². The fraction of sp³-hybridized carbons (Fsp3) is 1.00. The van der Waals surface area contributed by atoms with Crippen LogP contribution in [0.4, 0.5) is 17.6 Å². The zero-order valence-electron chi connectivity index (χ0n) is 5.94. The van der Waals surface area contributed by atoms with Gasteiger partial charge in [-0.25, -0.2) is 8.78 Å². The monoisotopic (exact) mass is 192 g/mol. The lowest BCUT2D eigenvalue weighted by Crippen LogP contribution is -2.43. The van der Waals surface area contributed by atoms with Crippen LogP contribution >= 0.6 is 12.6 Å². The highest BCUT2D eigenvalue weighted by Gasteiger charge is 2.50. The van der Waals surface area contributed by atoms with Gasteiger partial charge in [0.05, 0.1) is 0 Å². The van der Waals surface area contributed by atoms with Gasteiger partial charge in [0.1, 0.15) is 0 Å². The highest BCUT2D eigenvalue weighted by molar-refractivity contribution is 7.81. The average molecular weight is 192 g/mol. The minimum absolute atomic E-state index is 0.352. The van der Waals surface area contributed by atoms with Gasteiger partial charge in [-0.15, -0.1) is 12.6 Å². The molecule has 1 nitrogen and oxygen atoms in total. The normalized spacial score (nSPS) is 16.6. The van der Waals surface area contributed by atoms with Gasteiger partial charge in [0.2, 0.25) is 0 Å². The van der Waals surface area contributed by atoms with E-state index in [0.29, 0.717) is 6.92 Å². The summed E-state index contributed by atoms with van der Waals surface area (Å²) in [6.07, 6.45) is -2.49. The molecule has 0 amide bonds. The summed E-state index contributed by atoms with van der Waals surface area (Å²) in [6, 6.07) is 0. The highest BCUT2D eigenvalue weighted by Crippen LogP contribution is 2.35. The van der Waals surface area contributed by atoms with Gasteiger partial charge in [-0.2, -0.15) is 8.78 Å². The van der Waals surface area contributed by atoms with E-state index in [1.165, 1.54) is 0 Å². The molecule has 0 aliphatic rings. The molecule has 1 unspecified atom stereocenters. The second-order valence-corrected chi connectivity index (χ2v) is 2.76. The molecule has 0 radical (unpaired) electrons. The molecule has 0 saturated heterocycles. The molecule has 0 aromatic rings. The smallest absolute Gasteiger partial charge is 0.322 e. The molecule has 0 rings (SSSR count). The molecular formula is C5H8F4OS. The molecule has 0 heterocycles. The Bertz CT molecular complexity index is 113. The lowest BCUT2D eigenvalue weighted by atomic mass is 10.2. The van der Waals surface area contributed by atoms with Crippen molar-refractivity contribution in [2.45, 2.75) is 24.2 Å². The first-order valence-corrected chi connectivity index (χ1v) is 3.15. The fourth-order valence-electron chi connectivity index (χ4n) is 0.654. The van der Waals surface area contributed by atoms with Crippen molar-refractivity contribution in [2.24, 2.45) is 0 Å². The molecule has 68 valence electrons. The summed E-state index contributed by atoms with van der Waals surface area (Å²) in [6.45, 7) is 0.352. The maximum atomic E-state index is 12.2. The maximum Gasteiger partial charge on any atom is 0.322 e. The summed E-state index contributed by atoms with van der Waals surface area (Å²) in [7, 11) is 0.784. The van der Waals surface area contributed by atoms with Gasteiger partial charge in [0, 0.05) is 14.0 Å². The van der Waals surface area contributed by atoms with Crippen LogP contribution in [-0.4, -0.2) is 24.4 Å². The van der Waals surface area contributed by atoms with Crippen LogP contribution in [-0.2, 0) is 4.74 Å². The largest absolute Gasteiger partial charge is 0.368 e. The summed E-state index contributed by atoms with van der Waals surface area (Å²) in [4.78, 5) is 0. The molecule has 0 fully saturated rings. The number of hydrogen-bond donors (Lipinski definition) is 1. The average Bonchev–Trinajstić information content (AvgIpc) is 1.56. The van der Waals surface area contributed by atoms with Crippen molar-refractivity contribution in [3.8, 4) is 0 Å². The second kappa shape index (κ2) is 3.18. The summed E-state index contributed by atoms with van der Waals surface area (Å²) in [5.74, 6) is -3.60. The van der Waals surface area contributed by atoms with E-state index in [9.17, 15) is 17.6 Å². The molecule has 0 aliphatic carbocycles. The van der Waals surface area contributed by atoms with Crippen LogP contribution in [0.15, 0.2) is 0 Å². The summed E-state index contributed by atoms with van der Waals surface area (Å²) >= 11 is 2.68. The van der Waals surface area contributed by atoms with E-state index in [0.717, 1.165) is 7.11 Å². The molecule has 11 heavy (non-hydrogen) atoms. The SMILES string of the molecule is COC(C(C)(F)F)C(F)(F)S. The molecule has 0 aromatic heterocycles. The highest BCUT2D eigenvalue weighted by atomic mass is 32.1. The Morgan fingerprint density at radius 2 is 1.64 bits per heavy atom. The zero-order valence-corrected chi connectivity index (χ0v) is 6.84. The van der Waals surface area contributed by atoms with Crippen LogP contribution in [0.5, 0.6) is 0 Å². The van der Waals surface area contributed by atoms with Crippen molar-refractivity contribution >= 4 is 12.6 Å². The first-order chi connectivity index (χ1) is 4.69. The predicted octanol–water partition coefficient (Wildman–Crippen LogP) is 2.18. The van der Waals surface area contributed by atoms with Crippen molar-refractivity contribution in [3.63, 3.8) is 0 Å². The fourth-order valence-corrected chi connectivity index (χ4v) is 0.986. The van der Waals surface area contributed by atoms with Gasteiger partial charge in [-0.3, -0.25) is 0 Å². The first-order valence-electron chi connectivity index (χ1n) is 2.70. The third-order valence-corrected chi connectivity index (χ3v) is 1.25. The predicted molar refractivity (Wildman–Crippen MR) is 35.4 cm³/mol. The van der Waals surface area contributed by atoms with Gasteiger partial charge in [0.15, 0.2) is 6.10 Å². The zero-order chi connectivity index (χ0) is 9.28.